The van der Waals surface area contributed by atoms with Crippen molar-refractivity contribution in [3.8, 4) is 0 Å². The summed E-state index contributed by atoms with van der Waals surface area (Å²) < 4.78 is 5.47. The van der Waals surface area contributed by atoms with Gasteiger partial charge in [0.25, 0.3) is 11.8 Å². The Balaban J connectivity index is 1.51. The normalized spacial score (nSPS) is 13.6. The minimum absolute atomic E-state index is 0.140. The number of thiophene rings is 1. The average molecular weight is 436 g/mol. The van der Waals surface area contributed by atoms with Gasteiger partial charge in [-0.05, 0) is 35.2 Å². The second kappa shape index (κ2) is 9.76. The Kier molecular flexibility index (Phi) is 6.64. The molecule has 1 saturated heterocycles. The topological polar surface area (TPSA) is 61.9 Å². The van der Waals surface area contributed by atoms with Crippen LogP contribution < -0.4 is 10.2 Å². The van der Waals surface area contributed by atoms with Crippen molar-refractivity contribution in [1.29, 1.82) is 0 Å². The van der Waals surface area contributed by atoms with Crippen LogP contribution in [0.25, 0.3) is 0 Å². The van der Waals surface area contributed by atoms with Gasteiger partial charge in [0.15, 0.2) is 0 Å². The summed E-state index contributed by atoms with van der Waals surface area (Å²) in [5.74, 6) is -0.352. The minimum Gasteiger partial charge on any atom is -0.378 e. The van der Waals surface area contributed by atoms with Crippen molar-refractivity contribution in [1.82, 2.24) is 4.90 Å². The van der Waals surface area contributed by atoms with Crippen LogP contribution in [0.15, 0.2) is 66.0 Å². The molecule has 0 radical (unpaired) electrons. The molecule has 0 saturated carbocycles. The summed E-state index contributed by atoms with van der Waals surface area (Å²) in [6, 6.07) is 18.9. The Morgan fingerprint density at radius 3 is 2.55 bits per heavy atom. The third kappa shape index (κ3) is 4.95. The smallest absolute Gasteiger partial charge is 0.265 e. The molecule has 1 N–H and O–H groups in total. The number of anilines is 2. The molecule has 1 aliphatic heterocycles. The van der Waals surface area contributed by atoms with E-state index in [1.54, 1.807) is 30.1 Å². The number of carbonyl (C=O) groups excluding carboxylic acids is 2. The van der Waals surface area contributed by atoms with Crippen molar-refractivity contribution in [2.45, 2.75) is 6.54 Å². The summed E-state index contributed by atoms with van der Waals surface area (Å²) in [5, 5.41) is 4.73. The van der Waals surface area contributed by atoms with Crippen molar-refractivity contribution in [2.75, 3.05) is 43.6 Å². The van der Waals surface area contributed by atoms with Gasteiger partial charge in [-0.25, -0.2) is 0 Å². The second-order valence-electron chi connectivity index (χ2n) is 7.37. The number of para-hydroxylation sites is 2. The molecule has 2 aromatic carbocycles. The highest BCUT2D eigenvalue weighted by molar-refractivity contribution is 7.12. The zero-order valence-corrected chi connectivity index (χ0v) is 18.2. The summed E-state index contributed by atoms with van der Waals surface area (Å²) >= 11 is 1.37. The Bertz CT molecular complexity index is 1050. The first-order valence-corrected chi connectivity index (χ1v) is 11.1. The molecule has 7 heteroatoms. The average Bonchev–Trinajstić information content (AvgIpc) is 3.35. The van der Waals surface area contributed by atoms with Crippen LogP contribution >= 0.6 is 11.3 Å². The fourth-order valence-corrected chi connectivity index (χ4v) is 4.28. The predicted molar refractivity (Wildman–Crippen MR) is 124 cm³/mol. The number of benzene rings is 2. The van der Waals surface area contributed by atoms with E-state index in [-0.39, 0.29) is 11.8 Å². The third-order valence-corrected chi connectivity index (χ3v) is 6.12. The molecular weight excluding hydrogens is 410 g/mol. The summed E-state index contributed by atoms with van der Waals surface area (Å²) in [7, 11) is 1.79. The molecule has 2 heterocycles. The van der Waals surface area contributed by atoms with Gasteiger partial charge in [-0.15, -0.1) is 11.3 Å². The first-order chi connectivity index (χ1) is 15.1. The van der Waals surface area contributed by atoms with Crippen molar-refractivity contribution >= 4 is 34.5 Å². The van der Waals surface area contributed by atoms with Gasteiger partial charge in [-0.2, -0.15) is 0 Å². The summed E-state index contributed by atoms with van der Waals surface area (Å²) in [6.45, 7) is 3.57. The molecule has 0 atom stereocenters. The van der Waals surface area contributed by atoms with E-state index >= 15 is 0 Å². The van der Waals surface area contributed by atoms with Crippen LogP contribution in [0.3, 0.4) is 0 Å². The number of rotatable bonds is 6. The molecular formula is C24H25N3O3S. The zero-order chi connectivity index (χ0) is 21.6. The van der Waals surface area contributed by atoms with Crippen LogP contribution in [0.5, 0.6) is 0 Å². The molecule has 4 rings (SSSR count). The first kappa shape index (κ1) is 21.1. The molecule has 1 aliphatic rings. The lowest BCUT2D eigenvalue weighted by Gasteiger charge is -2.31. The van der Waals surface area contributed by atoms with Gasteiger partial charge in [0.05, 0.1) is 29.3 Å². The van der Waals surface area contributed by atoms with Crippen LogP contribution in [0.1, 0.15) is 25.6 Å². The summed E-state index contributed by atoms with van der Waals surface area (Å²) in [6.07, 6.45) is 0. The lowest BCUT2D eigenvalue weighted by atomic mass is 10.1. The number of nitrogens with zero attached hydrogens (tertiary/aromatic N) is 2. The Morgan fingerprint density at radius 1 is 1.03 bits per heavy atom. The lowest BCUT2D eigenvalue weighted by molar-refractivity contribution is 0.0786. The third-order valence-electron chi connectivity index (χ3n) is 5.25. The van der Waals surface area contributed by atoms with Gasteiger partial charge in [0.2, 0.25) is 0 Å². The van der Waals surface area contributed by atoms with Crippen molar-refractivity contribution in [3.63, 3.8) is 0 Å². The number of hydrogen-bond acceptors (Lipinski definition) is 5. The van der Waals surface area contributed by atoms with Crippen LogP contribution in [0.4, 0.5) is 11.4 Å². The predicted octanol–water partition coefficient (Wildman–Crippen LogP) is 4.11. The molecule has 0 unspecified atom stereocenters. The largest absolute Gasteiger partial charge is 0.378 e. The van der Waals surface area contributed by atoms with E-state index < -0.39 is 0 Å². The maximum Gasteiger partial charge on any atom is 0.265 e. The van der Waals surface area contributed by atoms with E-state index in [1.165, 1.54) is 11.3 Å². The highest BCUT2D eigenvalue weighted by Gasteiger charge is 2.20. The van der Waals surface area contributed by atoms with Crippen LogP contribution in [-0.4, -0.2) is 50.1 Å². The Hall–Kier alpha value is -3.16. The standard InChI is InChI=1S/C24H25N3O3S/c1-26(17-18-7-2-5-10-21(18)27-12-14-30-15-13-27)24(29)19-8-3-4-9-20(19)25-23(28)22-11-6-16-31-22/h2-11,16H,12-15,17H2,1H3,(H,25,28). The Labute approximate surface area is 186 Å². The van der Waals surface area contributed by atoms with E-state index in [9.17, 15) is 9.59 Å². The molecule has 0 aliphatic carbocycles. The maximum absolute atomic E-state index is 13.3. The quantitative estimate of drug-likeness (QED) is 0.633. The van der Waals surface area contributed by atoms with Crippen LogP contribution in [0.2, 0.25) is 0 Å². The Morgan fingerprint density at radius 2 is 1.77 bits per heavy atom. The van der Waals surface area contributed by atoms with Crippen LogP contribution in [-0.2, 0) is 11.3 Å². The molecule has 2 amide bonds. The minimum atomic E-state index is -0.212. The van der Waals surface area contributed by atoms with Crippen molar-refractivity contribution in [2.24, 2.45) is 0 Å². The SMILES string of the molecule is CN(Cc1ccccc1N1CCOCC1)C(=O)c1ccccc1NC(=O)c1cccs1. The van der Waals surface area contributed by atoms with Gasteiger partial charge in [-0.3, -0.25) is 9.59 Å². The van der Waals surface area contributed by atoms with Gasteiger partial charge >= 0.3 is 0 Å². The van der Waals surface area contributed by atoms with Crippen molar-refractivity contribution < 1.29 is 14.3 Å². The highest BCUT2D eigenvalue weighted by atomic mass is 32.1. The summed E-state index contributed by atoms with van der Waals surface area (Å²) in [5.41, 5.74) is 3.20. The first-order valence-electron chi connectivity index (χ1n) is 10.2. The number of amides is 2. The van der Waals surface area contributed by atoms with E-state index in [2.05, 4.69) is 22.3 Å². The van der Waals surface area contributed by atoms with Gasteiger partial charge in [0.1, 0.15) is 0 Å². The number of ether oxygens (including phenoxy) is 1. The maximum atomic E-state index is 13.3. The van der Waals surface area contributed by atoms with Crippen LogP contribution in [0, 0.1) is 0 Å². The molecule has 0 bridgehead atoms. The molecule has 31 heavy (non-hydrogen) atoms. The van der Waals surface area contributed by atoms with E-state index in [4.69, 9.17) is 4.74 Å². The van der Waals surface area contributed by atoms with Crippen molar-refractivity contribution in [3.05, 3.63) is 82.0 Å². The monoisotopic (exact) mass is 435 g/mol. The summed E-state index contributed by atoms with van der Waals surface area (Å²) in [4.78, 5) is 30.4. The number of hydrogen-bond donors (Lipinski definition) is 1. The molecule has 1 fully saturated rings. The van der Waals surface area contributed by atoms with E-state index in [1.807, 2.05) is 35.7 Å². The number of nitrogens with one attached hydrogen (secondary N) is 1. The van der Waals surface area contributed by atoms with Gasteiger partial charge in [0, 0.05) is 32.4 Å². The molecule has 0 spiro atoms. The zero-order valence-electron chi connectivity index (χ0n) is 17.4. The van der Waals surface area contributed by atoms with E-state index in [0.29, 0.717) is 35.9 Å². The molecule has 160 valence electrons. The fourth-order valence-electron chi connectivity index (χ4n) is 3.66. The van der Waals surface area contributed by atoms with E-state index in [0.717, 1.165) is 24.3 Å². The number of morpholine rings is 1. The second-order valence-corrected chi connectivity index (χ2v) is 8.31. The highest BCUT2D eigenvalue weighted by Crippen LogP contribution is 2.25. The molecule has 3 aromatic rings. The fraction of sp³-hybridized carbons (Fsp3) is 0.250. The lowest BCUT2D eigenvalue weighted by Crippen LogP contribution is -2.37. The molecule has 6 nitrogen and oxygen atoms in total. The number of carbonyl (C=O) groups is 2. The van der Waals surface area contributed by atoms with Gasteiger partial charge < -0.3 is 19.9 Å². The molecule has 1 aromatic heterocycles. The van der Waals surface area contributed by atoms with Gasteiger partial charge in [-0.1, -0.05) is 36.4 Å².